The summed E-state index contributed by atoms with van der Waals surface area (Å²) < 4.78 is 6.09. The molecule has 0 radical (unpaired) electrons. The van der Waals surface area contributed by atoms with Crippen LogP contribution in [0.1, 0.15) is 50.3 Å². The summed E-state index contributed by atoms with van der Waals surface area (Å²) in [5.74, 6) is 0.685. The van der Waals surface area contributed by atoms with Crippen molar-refractivity contribution in [3.8, 4) is 5.75 Å². The standard InChI is InChI=1S/C30H27ClN2O2S/c31-24-16-14-22(15-17-24)20-35-26-12-6-4-10-23(26)19-33-30-28(25-11-5-7-13-27(25)36-30)29(34)32-18-21-8-2-1-3-9-21/h1-4,6,8-10,12,14-17,19H,5,7,11,13,18,20H2,(H,32,34). The molecule has 1 heterocycles. The van der Waals surface area contributed by atoms with Crippen molar-refractivity contribution in [2.45, 2.75) is 38.8 Å². The third-order valence-corrected chi connectivity index (χ3v) is 7.67. The van der Waals surface area contributed by atoms with E-state index in [1.807, 2.05) is 85.1 Å². The molecule has 0 bridgehead atoms. The topological polar surface area (TPSA) is 50.7 Å². The second-order valence-corrected chi connectivity index (χ2v) is 10.3. The number of rotatable bonds is 8. The van der Waals surface area contributed by atoms with E-state index in [0.29, 0.717) is 18.2 Å². The van der Waals surface area contributed by atoms with E-state index in [1.165, 1.54) is 4.88 Å². The molecule has 1 aromatic heterocycles. The third-order valence-electron chi connectivity index (χ3n) is 6.22. The summed E-state index contributed by atoms with van der Waals surface area (Å²) in [5.41, 5.74) is 4.87. The highest BCUT2D eigenvalue weighted by atomic mass is 35.5. The number of hydrogen-bond donors (Lipinski definition) is 1. The minimum Gasteiger partial charge on any atom is -0.488 e. The molecular formula is C30H27ClN2O2S. The maximum Gasteiger partial charge on any atom is 0.254 e. The lowest BCUT2D eigenvalue weighted by Crippen LogP contribution is -2.24. The second-order valence-electron chi connectivity index (χ2n) is 8.77. The maximum atomic E-state index is 13.3. The van der Waals surface area contributed by atoms with E-state index >= 15 is 0 Å². The van der Waals surface area contributed by atoms with Crippen molar-refractivity contribution >= 4 is 40.1 Å². The Balaban J connectivity index is 1.37. The molecule has 0 unspecified atom stereocenters. The van der Waals surface area contributed by atoms with Crippen LogP contribution in [-0.2, 0) is 26.0 Å². The van der Waals surface area contributed by atoms with E-state index in [4.69, 9.17) is 21.3 Å². The number of nitrogens with one attached hydrogen (secondary N) is 1. The molecule has 1 aliphatic rings. The molecule has 4 aromatic rings. The number of ether oxygens (including phenoxy) is 1. The van der Waals surface area contributed by atoms with Crippen LogP contribution in [0.25, 0.3) is 0 Å². The molecule has 4 nitrogen and oxygen atoms in total. The first kappa shape index (κ1) is 24.3. The van der Waals surface area contributed by atoms with Crippen LogP contribution in [-0.4, -0.2) is 12.1 Å². The first-order valence-corrected chi connectivity index (χ1v) is 13.3. The molecule has 0 saturated carbocycles. The fraction of sp³-hybridized carbons (Fsp3) is 0.200. The quantitative estimate of drug-likeness (QED) is 0.247. The zero-order valence-corrected chi connectivity index (χ0v) is 21.4. The molecule has 3 aromatic carbocycles. The van der Waals surface area contributed by atoms with Crippen LogP contribution in [0.4, 0.5) is 5.00 Å². The van der Waals surface area contributed by atoms with Gasteiger partial charge in [-0.05, 0) is 66.6 Å². The zero-order valence-electron chi connectivity index (χ0n) is 19.9. The van der Waals surface area contributed by atoms with Crippen LogP contribution in [0.5, 0.6) is 5.75 Å². The van der Waals surface area contributed by atoms with E-state index in [0.717, 1.165) is 64.3 Å². The lowest BCUT2D eigenvalue weighted by molar-refractivity contribution is 0.0951. The number of hydrogen-bond acceptors (Lipinski definition) is 4. The average Bonchev–Trinajstić information content (AvgIpc) is 3.30. The summed E-state index contributed by atoms with van der Waals surface area (Å²) >= 11 is 7.63. The molecule has 1 amide bonds. The molecule has 0 aliphatic heterocycles. The van der Waals surface area contributed by atoms with Gasteiger partial charge in [0.1, 0.15) is 17.4 Å². The summed E-state index contributed by atoms with van der Waals surface area (Å²) in [5, 5.41) is 4.57. The van der Waals surface area contributed by atoms with Crippen molar-refractivity contribution in [1.82, 2.24) is 5.32 Å². The maximum absolute atomic E-state index is 13.3. The smallest absolute Gasteiger partial charge is 0.254 e. The molecule has 0 spiro atoms. The first-order chi connectivity index (χ1) is 17.7. The van der Waals surface area contributed by atoms with Crippen molar-refractivity contribution < 1.29 is 9.53 Å². The monoisotopic (exact) mass is 514 g/mol. The van der Waals surface area contributed by atoms with Crippen molar-refractivity contribution in [3.05, 3.63) is 117 Å². The highest BCUT2D eigenvalue weighted by Gasteiger charge is 2.25. The molecule has 0 fully saturated rings. The second kappa shape index (κ2) is 11.5. The zero-order chi connectivity index (χ0) is 24.7. The van der Waals surface area contributed by atoms with Gasteiger partial charge in [0, 0.05) is 28.2 Å². The summed E-state index contributed by atoms with van der Waals surface area (Å²) in [6.45, 7) is 0.928. The van der Waals surface area contributed by atoms with Crippen LogP contribution in [0.15, 0.2) is 83.9 Å². The highest BCUT2D eigenvalue weighted by Crippen LogP contribution is 2.40. The predicted molar refractivity (Wildman–Crippen MR) is 148 cm³/mol. The van der Waals surface area contributed by atoms with Gasteiger partial charge in [-0.2, -0.15) is 0 Å². The Morgan fingerprint density at radius 2 is 1.69 bits per heavy atom. The van der Waals surface area contributed by atoms with Gasteiger partial charge in [0.25, 0.3) is 5.91 Å². The SMILES string of the molecule is O=C(NCc1ccccc1)c1c(N=Cc2ccccc2OCc2ccc(Cl)cc2)sc2c1CCCC2. The first-order valence-electron chi connectivity index (χ1n) is 12.1. The summed E-state index contributed by atoms with van der Waals surface area (Å²) in [4.78, 5) is 19.4. The number of fused-ring (bicyclic) bond motifs is 1. The van der Waals surface area contributed by atoms with Gasteiger partial charge in [-0.3, -0.25) is 4.79 Å². The Bertz CT molecular complexity index is 1360. The van der Waals surface area contributed by atoms with Crippen LogP contribution in [0.2, 0.25) is 5.02 Å². The van der Waals surface area contributed by atoms with Gasteiger partial charge in [0.2, 0.25) is 0 Å². The number of halogens is 1. The minimum absolute atomic E-state index is 0.0577. The van der Waals surface area contributed by atoms with Gasteiger partial charge in [-0.1, -0.05) is 66.2 Å². The summed E-state index contributed by atoms with van der Waals surface area (Å²) in [6.07, 6.45) is 6.00. The van der Waals surface area contributed by atoms with Crippen molar-refractivity contribution in [3.63, 3.8) is 0 Å². The fourth-order valence-corrected chi connectivity index (χ4v) is 5.69. The molecule has 0 atom stereocenters. The molecule has 0 saturated heterocycles. The molecule has 1 aliphatic carbocycles. The van der Waals surface area contributed by atoms with E-state index < -0.39 is 0 Å². The van der Waals surface area contributed by atoms with Gasteiger partial charge >= 0.3 is 0 Å². The Kier molecular flexibility index (Phi) is 7.79. The Hall–Kier alpha value is -3.41. The number of carbonyl (C=O) groups excluding carboxylic acids is 1. The third kappa shape index (κ3) is 5.86. The highest BCUT2D eigenvalue weighted by molar-refractivity contribution is 7.16. The summed E-state index contributed by atoms with van der Waals surface area (Å²) in [6, 6.07) is 25.4. The van der Waals surface area contributed by atoms with E-state index in [2.05, 4.69) is 5.32 Å². The van der Waals surface area contributed by atoms with Crippen LogP contribution in [0, 0.1) is 0 Å². The Morgan fingerprint density at radius 1 is 0.944 bits per heavy atom. The van der Waals surface area contributed by atoms with Gasteiger partial charge in [-0.15, -0.1) is 11.3 Å². The number of benzene rings is 3. The number of aliphatic imine (C=N–C) groups is 1. The number of amides is 1. The largest absolute Gasteiger partial charge is 0.488 e. The molecular weight excluding hydrogens is 488 g/mol. The van der Waals surface area contributed by atoms with E-state index in [9.17, 15) is 4.79 Å². The van der Waals surface area contributed by atoms with Gasteiger partial charge < -0.3 is 10.1 Å². The molecule has 5 rings (SSSR count). The predicted octanol–water partition coefficient (Wildman–Crippen LogP) is 7.54. The van der Waals surface area contributed by atoms with Gasteiger partial charge in [0.15, 0.2) is 0 Å². The molecule has 6 heteroatoms. The lowest BCUT2D eigenvalue weighted by atomic mass is 9.95. The lowest BCUT2D eigenvalue weighted by Gasteiger charge is -2.13. The minimum atomic E-state index is -0.0577. The summed E-state index contributed by atoms with van der Waals surface area (Å²) in [7, 11) is 0. The molecule has 1 N–H and O–H groups in total. The number of aryl methyl sites for hydroxylation is 1. The van der Waals surface area contributed by atoms with E-state index in [1.54, 1.807) is 11.3 Å². The van der Waals surface area contributed by atoms with Gasteiger partial charge in [0.05, 0.1) is 5.56 Å². The van der Waals surface area contributed by atoms with E-state index in [-0.39, 0.29) is 5.91 Å². The van der Waals surface area contributed by atoms with Crippen LogP contribution in [0.3, 0.4) is 0 Å². The van der Waals surface area contributed by atoms with Crippen molar-refractivity contribution in [2.24, 2.45) is 4.99 Å². The number of para-hydroxylation sites is 1. The fourth-order valence-electron chi connectivity index (χ4n) is 4.33. The normalized spacial score (nSPS) is 12.9. The van der Waals surface area contributed by atoms with Crippen molar-refractivity contribution in [1.29, 1.82) is 0 Å². The molecule has 36 heavy (non-hydrogen) atoms. The molecule has 182 valence electrons. The Morgan fingerprint density at radius 3 is 2.53 bits per heavy atom. The van der Waals surface area contributed by atoms with Crippen LogP contribution >= 0.6 is 22.9 Å². The number of carbonyl (C=O) groups is 1. The Labute approximate surface area is 220 Å². The van der Waals surface area contributed by atoms with Crippen molar-refractivity contribution in [2.75, 3.05) is 0 Å². The van der Waals surface area contributed by atoms with Gasteiger partial charge in [-0.25, -0.2) is 4.99 Å². The average molecular weight is 515 g/mol. The number of thiophene rings is 1. The number of nitrogens with zero attached hydrogens (tertiary/aromatic N) is 1. The van der Waals surface area contributed by atoms with Crippen LogP contribution < -0.4 is 10.1 Å².